The standard InChI is InChI=1S/C27H32N4O2/c1-3-14-30-15-16-31(27(33)25-18-28-20-29(25)4-2)19-24(26(30)32)17-21-10-12-23(13-11-21)22-8-6-5-7-9-22/h5-13,18,20,24H,3-4,14-17,19H2,1-2H3/t24-/m0/s1. The smallest absolute Gasteiger partial charge is 0.272 e. The molecule has 6 heteroatoms. The summed E-state index contributed by atoms with van der Waals surface area (Å²) in [7, 11) is 0. The topological polar surface area (TPSA) is 58.4 Å². The van der Waals surface area contributed by atoms with Gasteiger partial charge in [-0.2, -0.15) is 0 Å². The number of hydrogen-bond acceptors (Lipinski definition) is 3. The van der Waals surface area contributed by atoms with Gasteiger partial charge in [0.2, 0.25) is 5.91 Å². The summed E-state index contributed by atoms with van der Waals surface area (Å²) in [5.74, 6) is -0.170. The minimum Gasteiger partial charge on any atom is -0.341 e. The van der Waals surface area contributed by atoms with Gasteiger partial charge < -0.3 is 14.4 Å². The van der Waals surface area contributed by atoms with Crippen molar-refractivity contribution in [3.8, 4) is 11.1 Å². The Labute approximate surface area is 195 Å². The third-order valence-electron chi connectivity index (χ3n) is 6.34. The molecular formula is C27H32N4O2. The van der Waals surface area contributed by atoms with Crippen molar-refractivity contribution in [2.24, 2.45) is 5.92 Å². The van der Waals surface area contributed by atoms with Crippen molar-refractivity contribution in [3.63, 3.8) is 0 Å². The van der Waals surface area contributed by atoms with E-state index in [0.717, 1.165) is 24.1 Å². The Bertz CT molecular complexity index is 1080. The first-order chi connectivity index (χ1) is 16.1. The summed E-state index contributed by atoms with van der Waals surface area (Å²) < 4.78 is 1.86. The molecule has 2 amide bonds. The van der Waals surface area contributed by atoms with Gasteiger partial charge in [0.05, 0.1) is 18.4 Å². The van der Waals surface area contributed by atoms with Gasteiger partial charge in [0.1, 0.15) is 5.69 Å². The molecule has 4 rings (SSSR count). The van der Waals surface area contributed by atoms with Gasteiger partial charge in [-0.3, -0.25) is 9.59 Å². The first-order valence-electron chi connectivity index (χ1n) is 11.8. The summed E-state index contributed by atoms with van der Waals surface area (Å²) in [6.07, 6.45) is 4.83. The number of carbonyl (C=O) groups excluding carboxylic acids is 2. The average molecular weight is 445 g/mol. The van der Waals surface area contributed by atoms with Gasteiger partial charge >= 0.3 is 0 Å². The highest BCUT2D eigenvalue weighted by Gasteiger charge is 2.33. The fourth-order valence-electron chi connectivity index (χ4n) is 4.53. The Hall–Kier alpha value is -3.41. The zero-order chi connectivity index (χ0) is 23.2. The molecule has 3 aromatic rings. The van der Waals surface area contributed by atoms with Crippen molar-refractivity contribution >= 4 is 11.8 Å². The van der Waals surface area contributed by atoms with Crippen molar-refractivity contribution in [1.29, 1.82) is 0 Å². The summed E-state index contributed by atoms with van der Waals surface area (Å²) >= 11 is 0. The Kier molecular flexibility index (Phi) is 7.23. The van der Waals surface area contributed by atoms with Crippen LogP contribution in [-0.4, -0.2) is 57.3 Å². The highest BCUT2D eigenvalue weighted by molar-refractivity contribution is 5.93. The number of nitrogens with zero attached hydrogens (tertiary/aromatic N) is 4. The van der Waals surface area contributed by atoms with Crippen molar-refractivity contribution in [1.82, 2.24) is 19.4 Å². The molecule has 0 unspecified atom stereocenters. The minimum atomic E-state index is -0.261. The maximum Gasteiger partial charge on any atom is 0.272 e. The Morgan fingerprint density at radius 2 is 1.73 bits per heavy atom. The molecule has 0 N–H and O–H groups in total. The van der Waals surface area contributed by atoms with Gasteiger partial charge in [-0.05, 0) is 36.5 Å². The third-order valence-corrected chi connectivity index (χ3v) is 6.34. The monoisotopic (exact) mass is 444 g/mol. The molecule has 1 atom stereocenters. The Morgan fingerprint density at radius 3 is 2.42 bits per heavy atom. The number of carbonyl (C=O) groups is 2. The predicted octanol–water partition coefficient (Wildman–Crippen LogP) is 4.12. The summed E-state index contributed by atoms with van der Waals surface area (Å²) in [5.41, 5.74) is 4.02. The maximum atomic E-state index is 13.4. The molecule has 33 heavy (non-hydrogen) atoms. The van der Waals surface area contributed by atoms with Gasteiger partial charge in [0.25, 0.3) is 5.91 Å². The van der Waals surface area contributed by atoms with Crippen LogP contribution in [0.4, 0.5) is 0 Å². The summed E-state index contributed by atoms with van der Waals surface area (Å²) in [5, 5.41) is 0. The van der Waals surface area contributed by atoms with E-state index in [1.807, 2.05) is 39.5 Å². The van der Waals surface area contributed by atoms with E-state index in [1.165, 1.54) is 5.56 Å². The molecule has 1 aliphatic rings. The van der Waals surface area contributed by atoms with E-state index in [0.29, 0.717) is 38.3 Å². The number of rotatable bonds is 7. The lowest BCUT2D eigenvalue weighted by Crippen LogP contribution is -2.38. The fraction of sp³-hybridized carbons (Fsp3) is 0.370. The number of amides is 2. The Balaban J connectivity index is 1.54. The molecule has 0 bridgehead atoms. The molecule has 0 spiro atoms. The number of imidazole rings is 1. The number of hydrogen-bond donors (Lipinski definition) is 0. The quantitative estimate of drug-likeness (QED) is 0.551. The second-order valence-corrected chi connectivity index (χ2v) is 8.61. The molecule has 1 fully saturated rings. The SMILES string of the molecule is CCCN1CCN(C(=O)c2cncn2CC)C[C@H](Cc2ccc(-c3ccccc3)cc2)C1=O. The van der Waals surface area contributed by atoms with E-state index in [4.69, 9.17) is 0 Å². The molecule has 0 radical (unpaired) electrons. The van der Waals surface area contributed by atoms with Crippen LogP contribution in [0.3, 0.4) is 0 Å². The molecule has 0 saturated carbocycles. The van der Waals surface area contributed by atoms with Gasteiger partial charge in [-0.1, -0.05) is 61.5 Å². The first-order valence-corrected chi connectivity index (χ1v) is 11.8. The summed E-state index contributed by atoms with van der Waals surface area (Å²) in [6.45, 7) is 7.02. The van der Waals surface area contributed by atoms with Crippen molar-refractivity contribution < 1.29 is 9.59 Å². The molecule has 0 aliphatic carbocycles. The Morgan fingerprint density at radius 1 is 1.00 bits per heavy atom. The highest BCUT2D eigenvalue weighted by atomic mass is 16.2. The number of benzene rings is 2. The molecule has 1 aromatic heterocycles. The minimum absolute atomic E-state index is 0.0510. The van der Waals surface area contributed by atoms with Crippen LogP contribution in [0.1, 0.15) is 36.3 Å². The fourth-order valence-corrected chi connectivity index (χ4v) is 4.53. The van der Waals surface area contributed by atoms with Gasteiger partial charge in [0, 0.05) is 32.7 Å². The average Bonchev–Trinajstić information content (AvgIpc) is 3.28. The van der Waals surface area contributed by atoms with Crippen LogP contribution in [0, 0.1) is 5.92 Å². The summed E-state index contributed by atoms with van der Waals surface area (Å²) in [6, 6.07) is 18.7. The largest absolute Gasteiger partial charge is 0.341 e. The van der Waals surface area contributed by atoms with Gasteiger partial charge in [-0.15, -0.1) is 0 Å². The van der Waals surface area contributed by atoms with E-state index in [2.05, 4.69) is 48.3 Å². The highest BCUT2D eigenvalue weighted by Crippen LogP contribution is 2.23. The van der Waals surface area contributed by atoms with Crippen molar-refractivity contribution in [3.05, 3.63) is 78.4 Å². The van der Waals surface area contributed by atoms with Gasteiger partial charge in [-0.25, -0.2) is 4.98 Å². The van der Waals surface area contributed by atoms with E-state index in [9.17, 15) is 9.59 Å². The summed E-state index contributed by atoms with van der Waals surface area (Å²) in [4.78, 5) is 34.6. The molecule has 2 heterocycles. The normalized spacial score (nSPS) is 16.7. The van der Waals surface area contributed by atoms with Crippen LogP contribution < -0.4 is 0 Å². The van der Waals surface area contributed by atoms with Crippen LogP contribution in [0.5, 0.6) is 0 Å². The lowest BCUT2D eigenvalue weighted by Gasteiger charge is -2.24. The molecule has 1 aliphatic heterocycles. The maximum absolute atomic E-state index is 13.4. The number of aryl methyl sites for hydroxylation is 1. The first kappa shape index (κ1) is 22.8. The lowest BCUT2D eigenvalue weighted by molar-refractivity contribution is -0.134. The van der Waals surface area contributed by atoms with Crippen molar-refractivity contribution in [2.75, 3.05) is 26.2 Å². The van der Waals surface area contributed by atoms with Crippen LogP contribution in [0.25, 0.3) is 11.1 Å². The zero-order valence-electron chi connectivity index (χ0n) is 19.5. The molecule has 1 saturated heterocycles. The molecule has 2 aromatic carbocycles. The molecular weight excluding hydrogens is 412 g/mol. The second kappa shape index (κ2) is 10.5. The van der Waals surface area contributed by atoms with E-state index >= 15 is 0 Å². The molecule has 6 nitrogen and oxygen atoms in total. The van der Waals surface area contributed by atoms with Crippen LogP contribution in [0.2, 0.25) is 0 Å². The second-order valence-electron chi connectivity index (χ2n) is 8.61. The van der Waals surface area contributed by atoms with E-state index in [-0.39, 0.29) is 17.7 Å². The van der Waals surface area contributed by atoms with Crippen LogP contribution in [0.15, 0.2) is 67.1 Å². The van der Waals surface area contributed by atoms with E-state index < -0.39 is 0 Å². The van der Waals surface area contributed by atoms with E-state index in [1.54, 1.807) is 12.5 Å². The lowest BCUT2D eigenvalue weighted by atomic mass is 9.95. The molecule has 172 valence electrons. The third kappa shape index (κ3) is 5.16. The predicted molar refractivity (Wildman–Crippen MR) is 130 cm³/mol. The van der Waals surface area contributed by atoms with Crippen LogP contribution in [-0.2, 0) is 17.8 Å². The number of aromatic nitrogens is 2. The van der Waals surface area contributed by atoms with Gasteiger partial charge in [0.15, 0.2) is 0 Å². The van der Waals surface area contributed by atoms with Crippen molar-refractivity contribution in [2.45, 2.75) is 33.2 Å². The zero-order valence-corrected chi connectivity index (χ0v) is 19.5. The van der Waals surface area contributed by atoms with Crippen LogP contribution >= 0.6 is 0 Å².